The summed E-state index contributed by atoms with van der Waals surface area (Å²) >= 11 is 0. The third-order valence-electron chi connectivity index (χ3n) is 2.84. The number of anilines is 1. The SMILES string of the molecule is Cc1cc(F)c(S(=O)(=O)N2CCCCO2)cc1N. The summed E-state index contributed by atoms with van der Waals surface area (Å²) in [6.45, 7) is 2.17. The van der Waals surface area contributed by atoms with Crippen molar-refractivity contribution in [1.82, 2.24) is 4.47 Å². The largest absolute Gasteiger partial charge is 0.398 e. The highest BCUT2D eigenvalue weighted by Crippen LogP contribution is 2.26. The number of rotatable bonds is 2. The van der Waals surface area contributed by atoms with Gasteiger partial charge >= 0.3 is 0 Å². The zero-order chi connectivity index (χ0) is 13.3. The van der Waals surface area contributed by atoms with Gasteiger partial charge < -0.3 is 5.73 Å². The minimum absolute atomic E-state index is 0.232. The molecule has 2 N–H and O–H groups in total. The number of hydrogen-bond acceptors (Lipinski definition) is 4. The zero-order valence-corrected chi connectivity index (χ0v) is 10.8. The molecule has 5 nitrogen and oxygen atoms in total. The van der Waals surface area contributed by atoms with Crippen molar-refractivity contribution in [3.8, 4) is 0 Å². The van der Waals surface area contributed by atoms with Crippen LogP contribution in [0.3, 0.4) is 0 Å². The summed E-state index contributed by atoms with van der Waals surface area (Å²) in [7, 11) is -3.98. The van der Waals surface area contributed by atoms with Crippen molar-refractivity contribution in [2.75, 3.05) is 18.9 Å². The Bertz CT molecular complexity index is 554. The van der Waals surface area contributed by atoms with Crippen molar-refractivity contribution in [3.63, 3.8) is 0 Å². The second-order valence-corrected chi connectivity index (χ2v) is 6.01. The average molecular weight is 274 g/mol. The van der Waals surface area contributed by atoms with E-state index in [2.05, 4.69) is 0 Å². The van der Waals surface area contributed by atoms with Gasteiger partial charge in [0.2, 0.25) is 0 Å². The van der Waals surface area contributed by atoms with E-state index in [1.165, 1.54) is 0 Å². The molecule has 1 heterocycles. The Morgan fingerprint density at radius 3 is 2.72 bits per heavy atom. The summed E-state index contributed by atoms with van der Waals surface area (Å²) in [6.07, 6.45) is 1.49. The van der Waals surface area contributed by atoms with Gasteiger partial charge in [-0.15, -0.1) is 0 Å². The molecule has 2 rings (SSSR count). The lowest BCUT2D eigenvalue weighted by Crippen LogP contribution is -2.36. The van der Waals surface area contributed by atoms with Crippen molar-refractivity contribution >= 4 is 15.7 Å². The predicted octanol–water partition coefficient (Wildman–Crippen LogP) is 1.43. The van der Waals surface area contributed by atoms with Crippen LogP contribution >= 0.6 is 0 Å². The molecular weight excluding hydrogens is 259 g/mol. The van der Waals surface area contributed by atoms with Gasteiger partial charge in [0.15, 0.2) is 0 Å². The summed E-state index contributed by atoms with van der Waals surface area (Å²) in [5.74, 6) is -0.809. The molecule has 0 atom stereocenters. The van der Waals surface area contributed by atoms with Gasteiger partial charge in [0.05, 0.1) is 6.61 Å². The van der Waals surface area contributed by atoms with E-state index in [9.17, 15) is 12.8 Å². The molecule has 100 valence electrons. The molecule has 0 bridgehead atoms. The Kier molecular flexibility index (Phi) is 3.56. The Labute approximate surface area is 105 Å². The maximum Gasteiger partial charge on any atom is 0.267 e. The molecule has 0 unspecified atom stereocenters. The molecule has 0 saturated carbocycles. The van der Waals surface area contributed by atoms with E-state index in [1.807, 2.05) is 0 Å². The van der Waals surface area contributed by atoms with Crippen LogP contribution in [0.4, 0.5) is 10.1 Å². The van der Waals surface area contributed by atoms with E-state index in [0.29, 0.717) is 18.6 Å². The van der Waals surface area contributed by atoms with Gasteiger partial charge in [0.25, 0.3) is 10.0 Å². The number of nitrogens with two attached hydrogens (primary N) is 1. The fourth-order valence-electron chi connectivity index (χ4n) is 1.74. The summed E-state index contributed by atoms with van der Waals surface area (Å²) in [6, 6.07) is 2.25. The third-order valence-corrected chi connectivity index (χ3v) is 4.53. The first kappa shape index (κ1) is 13.3. The van der Waals surface area contributed by atoms with E-state index in [-0.39, 0.29) is 12.2 Å². The van der Waals surface area contributed by atoms with Crippen molar-refractivity contribution in [1.29, 1.82) is 0 Å². The molecule has 0 amide bonds. The molecule has 7 heteroatoms. The minimum Gasteiger partial charge on any atom is -0.398 e. The Morgan fingerprint density at radius 2 is 2.11 bits per heavy atom. The number of hydrogen-bond donors (Lipinski definition) is 1. The summed E-state index contributed by atoms with van der Waals surface area (Å²) in [5, 5.41) is 0. The van der Waals surface area contributed by atoms with E-state index in [4.69, 9.17) is 10.6 Å². The maximum atomic E-state index is 13.8. The van der Waals surface area contributed by atoms with Gasteiger partial charge in [-0.2, -0.15) is 0 Å². The van der Waals surface area contributed by atoms with Crippen LogP contribution in [0.1, 0.15) is 18.4 Å². The van der Waals surface area contributed by atoms with Crippen molar-refractivity contribution in [2.24, 2.45) is 0 Å². The van der Waals surface area contributed by atoms with Crippen LogP contribution in [0.5, 0.6) is 0 Å². The van der Waals surface area contributed by atoms with Crippen molar-refractivity contribution in [2.45, 2.75) is 24.7 Å². The van der Waals surface area contributed by atoms with Crippen LogP contribution in [0.15, 0.2) is 17.0 Å². The second-order valence-electron chi connectivity index (χ2n) is 4.21. The molecular formula is C11H15FN2O3S. The van der Waals surface area contributed by atoms with Crippen molar-refractivity contribution < 1.29 is 17.6 Å². The predicted molar refractivity (Wildman–Crippen MR) is 64.6 cm³/mol. The molecule has 0 spiro atoms. The van der Waals surface area contributed by atoms with Crippen LogP contribution in [0, 0.1) is 12.7 Å². The number of sulfonamides is 1. The highest BCUT2D eigenvalue weighted by molar-refractivity contribution is 7.89. The Balaban J connectivity index is 2.43. The van der Waals surface area contributed by atoms with Crippen molar-refractivity contribution in [3.05, 3.63) is 23.5 Å². The van der Waals surface area contributed by atoms with Gasteiger partial charge in [-0.25, -0.2) is 12.8 Å². The molecule has 18 heavy (non-hydrogen) atoms. The summed E-state index contributed by atoms with van der Waals surface area (Å²) < 4.78 is 39.0. The van der Waals surface area contributed by atoms with Crippen LogP contribution in [-0.2, 0) is 14.9 Å². The van der Waals surface area contributed by atoms with E-state index in [1.54, 1.807) is 6.92 Å². The Hall–Kier alpha value is -1.18. The van der Waals surface area contributed by atoms with Gasteiger partial charge in [-0.1, -0.05) is 4.47 Å². The average Bonchev–Trinajstić information content (AvgIpc) is 2.34. The number of halogens is 1. The molecule has 1 saturated heterocycles. The fraction of sp³-hybridized carbons (Fsp3) is 0.455. The van der Waals surface area contributed by atoms with E-state index >= 15 is 0 Å². The third kappa shape index (κ3) is 2.33. The molecule has 0 aliphatic carbocycles. The van der Waals surface area contributed by atoms with Gasteiger partial charge in [-0.05, 0) is 37.5 Å². The molecule has 1 fully saturated rings. The van der Waals surface area contributed by atoms with Crippen LogP contribution in [0.25, 0.3) is 0 Å². The second kappa shape index (κ2) is 4.83. The topological polar surface area (TPSA) is 72.6 Å². The van der Waals surface area contributed by atoms with E-state index < -0.39 is 20.7 Å². The number of benzene rings is 1. The summed E-state index contributed by atoms with van der Waals surface area (Å²) in [4.78, 5) is 4.62. The lowest BCUT2D eigenvalue weighted by Gasteiger charge is -2.25. The highest BCUT2D eigenvalue weighted by Gasteiger charge is 2.30. The lowest BCUT2D eigenvalue weighted by molar-refractivity contribution is -0.109. The van der Waals surface area contributed by atoms with Crippen LogP contribution < -0.4 is 5.73 Å². The molecule has 1 aromatic rings. The molecule has 1 aliphatic heterocycles. The normalized spacial score (nSPS) is 17.9. The highest BCUT2D eigenvalue weighted by atomic mass is 32.2. The minimum atomic E-state index is -3.98. The zero-order valence-electron chi connectivity index (χ0n) is 10.0. The monoisotopic (exact) mass is 274 g/mol. The maximum absolute atomic E-state index is 13.8. The number of nitrogen functional groups attached to an aromatic ring is 1. The number of aryl methyl sites for hydroxylation is 1. The molecule has 1 aromatic carbocycles. The van der Waals surface area contributed by atoms with Crippen LogP contribution in [-0.4, -0.2) is 26.0 Å². The smallest absolute Gasteiger partial charge is 0.267 e. The summed E-state index contributed by atoms with van der Waals surface area (Å²) in [5.41, 5.74) is 6.37. The van der Waals surface area contributed by atoms with Gasteiger partial charge in [0, 0.05) is 12.2 Å². The fourth-order valence-corrected chi connectivity index (χ4v) is 3.12. The first-order valence-corrected chi connectivity index (χ1v) is 7.08. The first-order chi connectivity index (χ1) is 8.43. The standard InChI is InChI=1S/C11H15FN2O3S/c1-8-6-9(12)11(7-10(8)13)18(15,16)14-4-2-3-5-17-14/h6-7H,2-5,13H2,1H3. The van der Waals surface area contributed by atoms with Crippen LogP contribution in [0.2, 0.25) is 0 Å². The lowest BCUT2D eigenvalue weighted by atomic mass is 10.2. The first-order valence-electron chi connectivity index (χ1n) is 5.64. The van der Waals surface area contributed by atoms with Gasteiger partial charge in [0.1, 0.15) is 10.7 Å². The van der Waals surface area contributed by atoms with Gasteiger partial charge in [-0.3, -0.25) is 4.84 Å². The molecule has 0 radical (unpaired) electrons. The molecule has 0 aromatic heterocycles. The quantitative estimate of drug-likeness (QED) is 0.828. The molecule has 1 aliphatic rings. The number of nitrogens with zero attached hydrogens (tertiary/aromatic N) is 1. The van der Waals surface area contributed by atoms with E-state index in [0.717, 1.165) is 23.0 Å². The number of hydroxylamine groups is 1. The Morgan fingerprint density at radius 1 is 1.39 bits per heavy atom.